The Labute approximate surface area is 112 Å². The fraction of sp³-hybridized carbons (Fsp3) is 0.933. The Hall–Kier alpha value is -0.570. The molecule has 0 aromatic heterocycles. The summed E-state index contributed by atoms with van der Waals surface area (Å²) >= 11 is 0. The quantitative estimate of drug-likeness (QED) is 0.708. The molecule has 0 radical (unpaired) electrons. The SMILES string of the molecule is CCCCCC(C)N1C(=O)C(CC(C)C)NC1C. The predicted octanol–water partition coefficient (Wildman–Crippen LogP) is 3.15. The van der Waals surface area contributed by atoms with E-state index >= 15 is 0 Å². The van der Waals surface area contributed by atoms with E-state index in [1.165, 1.54) is 19.3 Å². The minimum atomic E-state index is 0.0358. The van der Waals surface area contributed by atoms with Gasteiger partial charge in [-0.1, -0.05) is 40.0 Å². The van der Waals surface area contributed by atoms with E-state index in [9.17, 15) is 4.79 Å². The Morgan fingerprint density at radius 2 is 1.94 bits per heavy atom. The highest BCUT2D eigenvalue weighted by Gasteiger charge is 2.38. The van der Waals surface area contributed by atoms with Crippen LogP contribution in [0.15, 0.2) is 0 Å². The molecule has 1 amide bonds. The van der Waals surface area contributed by atoms with Gasteiger partial charge in [0.1, 0.15) is 0 Å². The summed E-state index contributed by atoms with van der Waals surface area (Å²) in [5, 5.41) is 3.43. The van der Waals surface area contributed by atoms with E-state index in [1.807, 2.05) is 0 Å². The smallest absolute Gasteiger partial charge is 0.241 e. The molecule has 0 aromatic carbocycles. The number of carbonyl (C=O) groups is 1. The summed E-state index contributed by atoms with van der Waals surface area (Å²) in [6.45, 7) is 10.9. The first-order valence-corrected chi connectivity index (χ1v) is 7.55. The van der Waals surface area contributed by atoms with Crippen LogP contribution >= 0.6 is 0 Å². The number of hydrogen-bond acceptors (Lipinski definition) is 2. The second-order valence-electron chi connectivity index (χ2n) is 6.12. The highest BCUT2D eigenvalue weighted by molar-refractivity contribution is 5.84. The van der Waals surface area contributed by atoms with Crippen LogP contribution in [0, 0.1) is 5.92 Å². The number of amides is 1. The second kappa shape index (κ2) is 7.13. The first kappa shape index (κ1) is 15.5. The maximum absolute atomic E-state index is 12.4. The van der Waals surface area contributed by atoms with Crippen LogP contribution in [0.4, 0.5) is 0 Å². The predicted molar refractivity (Wildman–Crippen MR) is 76.3 cm³/mol. The molecule has 1 fully saturated rings. The minimum absolute atomic E-state index is 0.0358. The van der Waals surface area contributed by atoms with Gasteiger partial charge in [0.15, 0.2) is 0 Å². The third-order valence-electron chi connectivity index (χ3n) is 3.82. The van der Waals surface area contributed by atoms with Gasteiger partial charge in [-0.2, -0.15) is 0 Å². The van der Waals surface area contributed by atoms with Crippen molar-refractivity contribution in [3.63, 3.8) is 0 Å². The molecule has 1 heterocycles. The number of unbranched alkanes of at least 4 members (excludes halogenated alkanes) is 2. The Bertz CT molecular complexity index is 265. The lowest BCUT2D eigenvalue weighted by molar-refractivity contribution is -0.132. The van der Waals surface area contributed by atoms with E-state index < -0.39 is 0 Å². The topological polar surface area (TPSA) is 32.3 Å². The van der Waals surface area contributed by atoms with Crippen LogP contribution in [0.1, 0.15) is 66.7 Å². The Kier molecular flexibility index (Phi) is 6.13. The molecule has 18 heavy (non-hydrogen) atoms. The fourth-order valence-corrected chi connectivity index (χ4v) is 2.88. The third kappa shape index (κ3) is 3.98. The molecule has 0 spiro atoms. The van der Waals surface area contributed by atoms with Crippen LogP contribution in [0.5, 0.6) is 0 Å². The van der Waals surface area contributed by atoms with E-state index in [4.69, 9.17) is 0 Å². The van der Waals surface area contributed by atoms with Crippen LogP contribution < -0.4 is 5.32 Å². The van der Waals surface area contributed by atoms with Crippen molar-refractivity contribution in [2.75, 3.05) is 0 Å². The number of hydrogen-bond donors (Lipinski definition) is 1. The van der Waals surface area contributed by atoms with Gasteiger partial charge in [0.05, 0.1) is 12.2 Å². The van der Waals surface area contributed by atoms with E-state index in [1.54, 1.807) is 0 Å². The summed E-state index contributed by atoms with van der Waals surface area (Å²) in [5.41, 5.74) is 0. The minimum Gasteiger partial charge on any atom is -0.323 e. The molecule has 3 nitrogen and oxygen atoms in total. The number of carbonyl (C=O) groups excluding carboxylic acids is 1. The zero-order chi connectivity index (χ0) is 13.7. The highest BCUT2D eigenvalue weighted by atomic mass is 16.2. The van der Waals surface area contributed by atoms with Crippen molar-refractivity contribution < 1.29 is 4.79 Å². The van der Waals surface area contributed by atoms with Gasteiger partial charge in [0, 0.05) is 6.04 Å². The van der Waals surface area contributed by atoms with Crippen molar-refractivity contribution >= 4 is 5.91 Å². The second-order valence-corrected chi connectivity index (χ2v) is 6.12. The molecule has 3 heteroatoms. The van der Waals surface area contributed by atoms with Gasteiger partial charge in [-0.05, 0) is 32.6 Å². The molecule has 1 N–H and O–H groups in total. The van der Waals surface area contributed by atoms with Gasteiger partial charge in [0.25, 0.3) is 0 Å². The summed E-state index contributed by atoms with van der Waals surface area (Å²) in [5.74, 6) is 0.870. The van der Waals surface area contributed by atoms with Crippen molar-refractivity contribution in [1.82, 2.24) is 10.2 Å². The lowest BCUT2D eigenvalue weighted by Crippen LogP contribution is -2.41. The number of nitrogens with one attached hydrogen (secondary N) is 1. The summed E-state index contributed by atoms with van der Waals surface area (Å²) < 4.78 is 0. The zero-order valence-corrected chi connectivity index (χ0v) is 12.7. The van der Waals surface area contributed by atoms with E-state index in [-0.39, 0.29) is 12.2 Å². The molecule has 3 unspecified atom stereocenters. The molecule has 3 atom stereocenters. The van der Waals surface area contributed by atoms with Crippen molar-refractivity contribution in [3.8, 4) is 0 Å². The van der Waals surface area contributed by atoms with Crippen LogP contribution in [0.25, 0.3) is 0 Å². The van der Waals surface area contributed by atoms with Crippen molar-refractivity contribution in [1.29, 1.82) is 0 Å². The molecule has 1 saturated heterocycles. The highest BCUT2D eigenvalue weighted by Crippen LogP contribution is 2.21. The van der Waals surface area contributed by atoms with Crippen molar-refractivity contribution in [2.24, 2.45) is 5.92 Å². The molecule has 1 rings (SSSR count). The van der Waals surface area contributed by atoms with E-state index in [2.05, 4.69) is 44.8 Å². The molecule has 0 bridgehead atoms. The van der Waals surface area contributed by atoms with Crippen LogP contribution in [0.3, 0.4) is 0 Å². The Morgan fingerprint density at radius 3 is 2.50 bits per heavy atom. The Balaban J connectivity index is 2.52. The molecule has 0 aliphatic carbocycles. The number of nitrogens with zero attached hydrogens (tertiary/aromatic N) is 1. The van der Waals surface area contributed by atoms with Crippen LogP contribution in [-0.4, -0.2) is 29.1 Å². The average Bonchev–Trinajstić information content (AvgIpc) is 2.53. The summed E-state index contributed by atoms with van der Waals surface area (Å²) in [7, 11) is 0. The molecular weight excluding hydrogens is 224 g/mol. The molecule has 106 valence electrons. The van der Waals surface area contributed by atoms with Gasteiger partial charge >= 0.3 is 0 Å². The summed E-state index contributed by atoms with van der Waals surface area (Å²) in [6.07, 6.45) is 6.00. The lowest BCUT2D eigenvalue weighted by Gasteiger charge is -2.28. The average molecular weight is 254 g/mol. The Morgan fingerprint density at radius 1 is 1.28 bits per heavy atom. The van der Waals surface area contributed by atoms with Gasteiger partial charge in [-0.25, -0.2) is 0 Å². The summed E-state index contributed by atoms with van der Waals surface area (Å²) in [4.78, 5) is 14.4. The zero-order valence-electron chi connectivity index (χ0n) is 12.7. The number of rotatable bonds is 7. The molecule has 1 aliphatic rings. The van der Waals surface area contributed by atoms with Gasteiger partial charge in [0.2, 0.25) is 5.91 Å². The van der Waals surface area contributed by atoms with Crippen LogP contribution in [0.2, 0.25) is 0 Å². The fourth-order valence-electron chi connectivity index (χ4n) is 2.88. The standard InChI is InChI=1S/C15H30N2O/c1-6-7-8-9-12(4)17-13(5)16-14(15(17)18)10-11(2)3/h11-14,16H,6-10H2,1-5H3. The molecular formula is C15H30N2O. The molecule has 0 aromatic rings. The van der Waals surface area contributed by atoms with Gasteiger partial charge < -0.3 is 4.90 Å². The maximum atomic E-state index is 12.4. The van der Waals surface area contributed by atoms with Crippen molar-refractivity contribution in [3.05, 3.63) is 0 Å². The van der Waals surface area contributed by atoms with Crippen LogP contribution in [-0.2, 0) is 4.79 Å². The largest absolute Gasteiger partial charge is 0.323 e. The molecule has 0 saturated carbocycles. The first-order chi connectivity index (χ1) is 8.47. The van der Waals surface area contributed by atoms with E-state index in [0.717, 1.165) is 12.8 Å². The van der Waals surface area contributed by atoms with Gasteiger partial charge in [-0.3, -0.25) is 10.1 Å². The monoisotopic (exact) mass is 254 g/mol. The summed E-state index contributed by atoms with van der Waals surface area (Å²) in [6, 6.07) is 0.400. The molecule has 1 aliphatic heterocycles. The van der Waals surface area contributed by atoms with Crippen molar-refractivity contribution in [2.45, 2.75) is 85.0 Å². The maximum Gasteiger partial charge on any atom is 0.241 e. The van der Waals surface area contributed by atoms with E-state index in [0.29, 0.717) is 17.9 Å². The first-order valence-electron chi connectivity index (χ1n) is 7.55. The van der Waals surface area contributed by atoms with Gasteiger partial charge in [-0.15, -0.1) is 0 Å². The third-order valence-corrected chi connectivity index (χ3v) is 3.82. The lowest BCUT2D eigenvalue weighted by atomic mass is 10.0. The normalized spacial score (nSPS) is 26.1.